The van der Waals surface area contributed by atoms with Crippen LogP contribution in [0.2, 0.25) is 0 Å². The van der Waals surface area contributed by atoms with Crippen LogP contribution < -0.4 is 5.32 Å². The molecule has 2 aromatic rings. The average Bonchev–Trinajstić information content (AvgIpc) is 2.46. The molecule has 1 aliphatic rings. The van der Waals surface area contributed by atoms with Crippen molar-refractivity contribution in [1.29, 1.82) is 0 Å². The molecule has 0 spiro atoms. The molecule has 6 nitrogen and oxygen atoms in total. The molecule has 1 unspecified atom stereocenters. The Morgan fingerprint density at radius 1 is 1.33 bits per heavy atom. The number of hydrogen-bond donors (Lipinski definition) is 2. The quantitative estimate of drug-likeness (QED) is 0.814. The third-order valence-electron chi connectivity index (χ3n) is 3.65. The van der Waals surface area contributed by atoms with Crippen LogP contribution in [0.15, 0.2) is 30.6 Å². The van der Waals surface area contributed by atoms with Crippen LogP contribution in [0.25, 0.3) is 10.8 Å². The summed E-state index contributed by atoms with van der Waals surface area (Å²) in [6.07, 6.45) is 3.80. The zero-order valence-electron chi connectivity index (χ0n) is 11.0. The maximum absolute atomic E-state index is 12.0. The molecular formula is C15H12N2O4. The normalized spacial score (nSPS) is 18.6. The van der Waals surface area contributed by atoms with E-state index in [-0.39, 0.29) is 23.8 Å². The summed E-state index contributed by atoms with van der Waals surface area (Å²) in [7, 11) is 0. The van der Waals surface area contributed by atoms with Gasteiger partial charge in [0.25, 0.3) is 0 Å². The van der Waals surface area contributed by atoms with Gasteiger partial charge in [-0.15, -0.1) is 0 Å². The van der Waals surface area contributed by atoms with Gasteiger partial charge in [0, 0.05) is 24.2 Å². The van der Waals surface area contributed by atoms with Gasteiger partial charge in [-0.25, -0.2) is 4.79 Å². The van der Waals surface area contributed by atoms with Crippen LogP contribution in [0.3, 0.4) is 0 Å². The number of hydrogen-bond acceptors (Lipinski definition) is 4. The van der Waals surface area contributed by atoms with Crippen molar-refractivity contribution in [2.45, 2.75) is 18.8 Å². The number of pyridine rings is 1. The number of carboxylic acid groups (broad SMARTS) is 1. The smallest absolute Gasteiger partial charge is 0.335 e. The van der Waals surface area contributed by atoms with Crippen LogP contribution in [-0.4, -0.2) is 27.9 Å². The van der Waals surface area contributed by atoms with Crippen molar-refractivity contribution >= 4 is 28.6 Å². The maximum atomic E-state index is 12.0. The molecule has 1 saturated heterocycles. The van der Waals surface area contributed by atoms with E-state index in [4.69, 9.17) is 0 Å². The molecule has 1 fully saturated rings. The average molecular weight is 284 g/mol. The van der Waals surface area contributed by atoms with Crippen LogP contribution in [0.4, 0.5) is 0 Å². The van der Waals surface area contributed by atoms with Gasteiger partial charge >= 0.3 is 5.97 Å². The number of aromatic nitrogens is 1. The molecule has 6 heteroatoms. The van der Waals surface area contributed by atoms with E-state index in [1.165, 1.54) is 6.07 Å². The zero-order chi connectivity index (χ0) is 15.0. The highest BCUT2D eigenvalue weighted by atomic mass is 16.4. The Morgan fingerprint density at radius 2 is 2.14 bits per heavy atom. The highest BCUT2D eigenvalue weighted by molar-refractivity contribution is 6.04. The Labute approximate surface area is 119 Å². The number of nitrogens with one attached hydrogen (secondary N) is 1. The fraction of sp³-hybridized carbons (Fsp3) is 0.200. The SMILES string of the molecule is O=C1CCC(c2cc(C(=O)O)cc3ccncc23)C(=O)N1. The minimum absolute atomic E-state index is 0.119. The van der Waals surface area contributed by atoms with Crippen LogP contribution >= 0.6 is 0 Å². The largest absolute Gasteiger partial charge is 0.478 e. The first kappa shape index (κ1) is 13.2. The fourth-order valence-corrected chi connectivity index (χ4v) is 2.63. The van der Waals surface area contributed by atoms with Gasteiger partial charge in [0.1, 0.15) is 0 Å². The molecule has 1 atom stereocenters. The lowest BCUT2D eigenvalue weighted by molar-refractivity contribution is -0.134. The van der Waals surface area contributed by atoms with Gasteiger partial charge in [-0.3, -0.25) is 19.9 Å². The molecule has 106 valence electrons. The molecule has 0 bridgehead atoms. The summed E-state index contributed by atoms with van der Waals surface area (Å²) in [4.78, 5) is 38.6. The molecule has 0 radical (unpaired) electrons. The molecule has 0 saturated carbocycles. The molecule has 2 N–H and O–H groups in total. The standard InChI is InChI=1S/C15H12N2O4/c18-13-2-1-10(14(19)17-13)11-6-9(15(20)21)5-8-3-4-16-7-12(8)11/h3-7,10H,1-2H2,(H,20,21)(H,17,18,19). The number of carboxylic acids is 1. The molecule has 1 aromatic heterocycles. The Hall–Kier alpha value is -2.76. The minimum Gasteiger partial charge on any atom is -0.478 e. The van der Waals surface area contributed by atoms with Crippen molar-refractivity contribution in [2.75, 3.05) is 0 Å². The van der Waals surface area contributed by atoms with E-state index in [1.54, 1.807) is 24.5 Å². The van der Waals surface area contributed by atoms with Gasteiger partial charge in [0.15, 0.2) is 0 Å². The number of benzene rings is 1. The Morgan fingerprint density at radius 3 is 2.86 bits per heavy atom. The van der Waals surface area contributed by atoms with Gasteiger partial charge < -0.3 is 5.11 Å². The van der Waals surface area contributed by atoms with Crippen molar-refractivity contribution in [3.8, 4) is 0 Å². The van der Waals surface area contributed by atoms with E-state index in [9.17, 15) is 19.5 Å². The number of piperidine rings is 1. The van der Waals surface area contributed by atoms with Crippen LogP contribution in [-0.2, 0) is 9.59 Å². The van der Waals surface area contributed by atoms with Crippen molar-refractivity contribution in [2.24, 2.45) is 0 Å². The number of carbonyl (C=O) groups is 3. The number of carbonyl (C=O) groups excluding carboxylic acids is 2. The van der Waals surface area contributed by atoms with Crippen molar-refractivity contribution < 1.29 is 19.5 Å². The molecule has 2 heterocycles. The predicted octanol–water partition coefficient (Wildman–Crippen LogP) is 1.45. The number of fused-ring (bicyclic) bond motifs is 1. The summed E-state index contributed by atoms with van der Waals surface area (Å²) in [5.74, 6) is -2.28. The predicted molar refractivity (Wildman–Crippen MR) is 73.8 cm³/mol. The van der Waals surface area contributed by atoms with Crippen LogP contribution in [0.5, 0.6) is 0 Å². The Balaban J connectivity index is 2.18. The second-order valence-electron chi connectivity index (χ2n) is 4.97. The summed E-state index contributed by atoms with van der Waals surface area (Å²) in [5, 5.41) is 12.9. The number of nitrogens with zero attached hydrogens (tertiary/aromatic N) is 1. The number of amides is 2. The first-order chi connectivity index (χ1) is 10.1. The van der Waals surface area contributed by atoms with Crippen molar-refractivity contribution in [3.05, 3.63) is 41.7 Å². The molecule has 21 heavy (non-hydrogen) atoms. The van der Waals surface area contributed by atoms with Gasteiger partial charge in [-0.05, 0) is 35.6 Å². The zero-order valence-corrected chi connectivity index (χ0v) is 11.0. The first-order valence-electron chi connectivity index (χ1n) is 6.51. The summed E-state index contributed by atoms with van der Waals surface area (Å²) < 4.78 is 0. The Kier molecular flexibility index (Phi) is 3.13. The molecule has 1 aliphatic heterocycles. The van der Waals surface area contributed by atoms with E-state index < -0.39 is 11.9 Å². The van der Waals surface area contributed by atoms with E-state index in [0.29, 0.717) is 17.4 Å². The molecular weight excluding hydrogens is 272 g/mol. The second kappa shape index (κ2) is 4.97. The monoisotopic (exact) mass is 284 g/mol. The van der Waals surface area contributed by atoms with Crippen molar-refractivity contribution in [1.82, 2.24) is 10.3 Å². The third-order valence-corrected chi connectivity index (χ3v) is 3.65. The highest BCUT2D eigenvalue weighted by Gasteiger charge is 2.29. The lowest BCUT2D eigenvalue weighted by Gasteiger charge is -2.22. The maximum Gasteiger partial charge on any atom is 0.335 e. The van der Waals surface area contributed by atoms with Gasteiger partial charge in [0.05, 0.1) is 11.5 Å². The van der Waals surface area contributed by atoms with Gasteiger partial charge in [0.2, 0.25) is 11.8 Å². The van der Waals surface area contributed by atoms with Crippen molar-refractivity contribution in [3.63, 3.8) is 0 Å². The van der Waals surface area contributed by atoms with Gasteiger partial charge in [-0.1, -0.05) is 0 Å². The summed E-state index contributed by atoms with van der Waals surface area (Å²) in [6.45, 7) is 0. The van der Waals surface area contributed by atoms with Gasteiger partial charge in [-0.2, -0.15) is 0 Å². The van der Waals surface area contributed by atoms with E-state index in [2.05, 4.69) is 10.3 Å². The fourth-order valence-electron chi connectivity index (χ4n) is 2.63. The van der Waals surface area contributed by atoms with Crippen LogP contribution in [0, 0.1) is 0 Å². The van der Waals surface area contributed by atoms with E-state index >= 15 is 0 Å². The summed E-state index contributed by atoms with van der Waals surface area (Å²) in [6, 6.07) is 4.75. The summed E-state index contributed by atoms with van der Waals surface area (Å²) >= 11 is 0. The molecule has 3 rings (SSSR count). The molecule has 2 amide bonds. The highest BCUT2D eigenvalue weighted by Crippen LogP contribution is 2.31. The third kappa shape index (κ3) is 2.35. The second-order valence-corrected chi connectivity index (χ2v) is 4.97. The number of aromatic carboxylic acids is 1. The minimum atomic E-state index is -1.05. The molecule has 0 aliphatic carbocycles. The molecule has 1 aromatic carbocycles. The first-order valence-corrected chi connectivity index (χ1v) is 6.51. The lowest BCUT2D eigenvalue weighted by atomic mass is 9.86. The van der Waals surface area contributed by atoms with E-state index in [1.807, 2.05) is 0 Å². The summed E-state index contributed by atoms with van der Waals surface area (Å²) in [5.41, 5.74) is 0.719. The Bertz CT molecular complexity index is 769. The topological polar surface area (TPSA) is 96.4 Å². The number of imide groups is 1. The van der Waals surface area contributed by atoms with Crippen LogP contribution in [0.1, 0.15) is 34.7 Å². The number of rotatable bonds is 2. The van der Waals surface area contributed by atoms with E-state index in [0.717, 1.165) is 5.39 Å². The lowest BCUT2D eigenvalue weighted by Crippen LogP contribution is -2.39.